The lowest BCUT2D eigenvalue weighted by Crippen LogP contribution is -2.09. The van der Waals surface area contributed by atoms with E-state index in [0.717, 1.165) is 16.3 Å². The topological polar surface area (TPSA) is 69.0 Å². The molecule has 20 heavy (non-hydrogen) atoms. The first-order chi connectivity index (χ1) is 9.52. The summed E-state index contributed by atoms with van der Waals surface area (Å²) in [6.07, 6.45) is 1.96. The van der Waals surface area contributed by atoms with Crippen molar-refractivity contribution in [3.05, 3.63) is 28.7 Å². The van der Waals surface area contributed by atoms with Gasteiger partial charge in [0.15, 0.2) is 0 Å². The third-order valence-electron chi connectivity index (χ3n) is 2.90. The van der Waals surface area contributed by atoms with Gasteiger partial charge in [-0.2, -0.15) is 9.47 Å². The Bertz CT molecular complexity index is 618. The second kappa shape index (κ2) is 6.04. The maximum atomic E-state index is 11.9. The van der Waals surface area contributed by atoms with Gasteiger partial charge >= 0.3 is 5.97 Å². The average molecular weight is 294 g/mol. The Morgan fingerprint density at radius 1 is 1.45 bits per heavy atom. The molecule has 0 spiro atoms. The third kappa shape index (κ3) is 2.98. The first kappa shape index (κ1) is 14.5. The summed E-state index contributed by atoms with van der Waals surface area (Å²) in [6.45, 7) is 6.52. The number of hydrogen-bond donors (Lipinski definition) is 1. The molecule has 0 aliphatic rings. The van der Waals surface area contributed by atoms with Gasteiger partial charge in [-0.3, -0.25) is 4.68 Å². The maximum absolute atomic E-state index is 11.9. The smallest absolute Gasteiger partial charge is 0.343 e. The van der Waals surface area contributed by atoms with Crippen molar-refractivity contribution in [2.45, 2.75) is 27.3 Å². The number of aryl methyl sites for hydroxylation is 3. The molecule has 0 fully saturated rings. The molecule has 0 bridgehead atoms. The normalized spacial score (nSPS) is 10.6. The number of hydrogen-bond acceptors (Lipinski definition) is 6. The number of anilines is 1. The van der Waals surface area contributed by atoms with Gasteiger partial charge in [0, 0.05) is 25.4 Å². The van der Waals surface area contributed by atoms with E-state index in [1.54, 1.807) is 11.6 Å². The monoisotopic (exact) mass is 294 g/mol. The van der Waals surface area contributed by atoms with Gasteiger partial charge in [0.25, 0.3) is 0 Å². The Labute approximate surface area is 121 Å². The molecule has 0 saturated heterocycles. The first-order valence-corrected chi connectivity index (χ1v) is 7.16. The number of carbonyl (C=O) groups is 1. The molecular formula is C13H18N4O2S. The quantitative estimate of drug-likeness (QED) is 0.857. The fourth-order valence-electron chi connectivity index (χ4n) is 1.93. The molecule has 0 saturated carbocycles. The molecule has 0 atom stereocenters. The molecule has 0 amide bonds. The predicted molar refractivity (Wildman–Crippen MR) is 78.1 cm³/mol. The summed E-state index contributed by atoms with van der Waals surface area (Å²) in [4.78, 5) is 11.9. The molecule has 2 heterocycles. The molecular weight excluding hydrogens is 276 g/mol. The van der Waals surface area contributed by atoms with E-state index in [1.165, 1.54) is 11.5 Å². The lowest BCUT2D eigenvalue weighted by molar-refractivity contribution is 0.0527. The van der Waals surface area contributed by atoms with Crippen LogP contribution in [0.15, 0.2) is 6.20 Å². The standard InChI is InChI=1S/C13H18N4O2S/c1-5-19-13(18)11-9(3)16-20-12(11)14-6-10-7-17(4)15-8(10)2/h7,14H,5-6H2,1-4H3. The van der Waals surface area contributed by atoms with Crippen LogP contribution in [-0.4, -0.2) is 26.7 Å². The summed E-state index contributed by atoms with van der Waals surface area (Å²) in [5.41, 5.74) is 3.28. The minimum absolute atomic E-state index is 0.329. The zero-order valence-electron chi connectivity index (χ0n) is 12.1. The predicted octanol–water partition coefficient (Wildman–Crippen LogP) is 2.28. The van der Waals surface area contributed by atoms with E-state index < -0.39 is 0 Å². The summed E-state index contributed by atoms with van der Waals surface area (Å²) >= 11 is 1.27. The second-order valence-electron chi connectivity index (χ2n) is 4.46. The Morgan fingerprint density at radius 2 is 2.20 bits per heavy atom. The van der Waals surface area contributed by atoms with Crippen LogP contribution in [0.5, 0.6) is 0 Å². The van der Waals surface area contributed by atoms with Crippen LogP contribution in [0.25, 0.3) is 0 Å². The van der Waals surface area contributed by atoms with Crippen molar-refractivity contribution < 1.29 is 9.53 Å². The Kier molecular flexibility index (Phi) is 4.39. The molecule has 0 aromatic carbocycles. The molecule has 7 heteroatoms. The Morgan fingerprint density at radius 3 is 2.80 bits per heavy atom. The number of aromatic nitrogens is 3. The lowest BCUT2D eigenvalue weighted by atomic mass is 10.2. The molecule has 108 valence electrons. The molecule has 6 nitrogen and oxygen atoms in total. The van der Waals surface area contributed by atoms with Crippen LogP contribution in [-0.2, 0) is 18.3 Å². The van der Waals surface area contributed by atoms with E-state index in [1.807, 2.05) is 27.1 Å². The fourth-order valence-corrected chi connectivity index (χ4v) is 2.71. The fraction of sp³-hybridized carbons (Fsp3) is 0.462. The number of ether oxygens (including phenoxy) is 1. The van der Waals surface area contributed by atoms with Crippen LogP contribution in [0.2, 0.25) is 0 Å². The third-order valence-corrected chi connectivity index (χ3v) is 3.79. The van der Waals surface area contributed by atoms with Crippen molar-refractivity contribution in [3.63, 3.8) is 0 Å². The first-order valence-electron chi connectivity index (χ1n) is 6.39. The van der Waals surface area contributed by atoms with Gasteiger partial charge in [-0.05, 0) is 32.3 Å². The van der Waals surface area contributed by atoms with E-state index in [2.05, 4.69) is 14.8 Å². The Hall–Kier alpha value is -1.89. The molecule has 2 aromatic rings. The van der Waals surface area contributed by atoms with Crippen molar-refractivity contribution in [1.29, 1.82) is 0 Å². The maximum Gasteiger partial charge on any atom is 0.343 e. The van der Waals surface area contributed by atoms with E-state index in [9.17, 15) is 4.79 Å². The van der Waals surface area contributed by atoms with Gasteiger partial charge in [-0.25, -0.2) is 4.79 Å². The summed E-state index contributed by atoms with van der Waals surface area (Å²) in [7, 11) is 1.89. The minimum atomic E-state index is -0.329. The van der Waals surface area contributed by atoms with E-state index in [0.29, 0.717) is 24.4 Å². The van der Waals surface area contributed by atoms with E-state index in [-0.39, 0.29) is 5.97 Å². The molecule has 0 radical (unpaired) electrons. The summed E-state index contributed by atoms with van der Waals surface area (Å²) in [5, 5.41) is 8.27. The molecule has 0 aliphatic carbocycles. The summed E-state index contributed by atoms with van der Waals surface area (Å²) < 4.78 is 11.1. The zero-order chi connectivity index (χ0) is 14.7. The van der Waals surface area contributed by atoms with Gasteiger partial charge in [-0.1, -0.05) is 0 Å². The van der Waals surface area contributed by atoms with Gasteiger partial charge < -0.3 is 10.1 Å². The average Bonchev–Trinajstić information content (AvgIpc) is 2.90. The highest BCUT2D eigenvalue weighted by Gasteiger charge is 2.19. The van der Waals surface area contributed by atoms with E-state index >= 15 is 0 Å². The van der Waals surface area contributed by atoms with Gasteiger partial charge in [0.1, 0.15) is 10.6 Å². The number of esters is 1. The highest BCUT2D eigenvalue weighted by Crippen LogP contribution is 2.26. The highest BCUT2D eigenvalue weighted by molar-refractivity contribution is 7.10. The molecule has 0 aliphatic heterocycles. The van der Waals surface area contributed by atoms with Crippen LogP contribution in [0.3, 0.4) is 0 Å². The summed E-state index contributed by atoms with van der Waals surface area (Å²) in [5.74, 6) is -0.329. The molecule has 1 N–H and O–H groups in total. The number of nitrogens with one attached hydrogen (secondary N) is 1. The van der Waals surface area contributed by atoms with Crippen molar-refractivity contribution in [3.8, 4) is 0 Å². The van der Waals surface area contributed by atoms with Crippen molar-refractivity contribution in [2.75, 3.05) is 11.9 Å². The largest absolute Gasteiger partial charge is 0.462 e. The molecule has 0 unspecified atom stereocenters. The van der Waals surface area contributed by atoms with Crippen molar-refractivity contribution in [1.82, 2.24) is 14.2 Å². The highest BCUT2D eigenvalue weighted by atomic mass is 32.1. The minimum Gasteiger partial charge on any atom is -0.462 e. The number of rotatable bonds is 5. The van der Waals surface area contributed by atoms with Gasteiger partial charge in [0.05, 0.1) is 18.0 Å². The van der Waals surface area contributed by atoms with Crippen LogP contribution in [0.1, 0.15) is 34.2 Å². The Balaban J connectivity index is 2.14. The lowest BCUT2D eigenvalue weighted by Gasteiger charge is -2.06. The van der Waals surface area contributed by atoms with Gasteiger partial charge in [0.2, 0.25) is 0 Å². The zero-order valence-corrected chi connectivity index (χ0v) is 12.9. The number of carbonyl (C=O) groups excluding carboxylic acids is 1. The van der Waals surface area contributed by atoms with Crippen LogP contribution >= 0.6 is 11.5 Å². The SMILES string of the molecule is CCOC(=O)c1c(C)nsc1NCc1cn(C)nc1C. The summed E-state index contributed by atoms with van der Waals surface area (Å²) in [6, 6.07) is 0. The van der Waals surface area contributed by atoms with Crippen molar-refractivity contribution in [2.24, 2.45) is 7.05 Å². The second-order valence-corrected chi connectivity index (χ2v) is 5.23. The van der Waals surface area contributed by atoms with Crippen molar-refractivity contribution >= 4 is 22.5 Å². The van der Waals surface area contributed by atoms with Gasteiger partial charge in [-0.15, -0.1) is 0 Å². The molecule has 2 rings (SSSR count). The van der Waals surface area contributed by atoms with E-state index in [4.69, 9.17) is 4.74 Å². The van der Waals surface area contributed by atoms with Crippen LogP contribution < -0.4 is 5.32 Å². The molecule has 2 aromatic heterocycles. The van der Waals surface area contributed by atoms with Crippen LogP contribution in [0, 0.1) is 13.8 Å². The number of nitrogens with zero attached hydrogens (tertiary/aromatic N) is 3. The van der Waals surface area contributed by atoms with Crippen LogP contribution in [0.4, 0.5) is 5.00 Å².